The van der Waals surface area contributed by atoms with Gasteiger partial charge in [0.25, 0.3) is 0 Å². The molecular weight excluding hydrogens is 265 g/mol. The molecule has 3 rings (SSSR count). The fraction of sp³-hybridized carbons (Fsp3) is 0.400. The molecule has 0 spiro atoms. The summed E-state index contributed by atoms with van der Waals surface area (Å²) < 4.78 is 12.0. The van der Waals surface area contributed by atoms with E-state index in [4.69, 9.17) is 14.6 Å². The van der Waals surface area contributed by atoms with Gasteiger partial charge in [0.15, 0.2) is 5.69 Å². The molecule has 0 aliphatic carbocycles. The van der Waals surface area contributed by atoms with E-state index in [0.717, 1.165) is 11.0 Å². The Balaban J connectivity index is 2.01. The molecule has 1 aliphatic heterocycles. The van der Waals surface area contributed by atoms with Crippen molar-refractivity contribution >= 4 is 23.6 Å². The molecule has 0 saturated carbocycles. The van der Waals surface area contributed by atoms with Crippen molar-refractivity contribution in [3.63, 3.8) is 0 Å². The van der Waals surface area contributed by atoms with E-state index < -0.39 is 7.12 Å². The van der Waals surface area contributed by atoms with Crippen molar-refractivity contribution in [1.29, 1.82) is 5.26 Å². The van der Waals surface area contributed by atoms with Crippen LogP contribution in [-0.4, -0.2) is 28.3 Å². The van der Waals surface area contributed by atoms with Crippen molar-refractivity contribution in [2.75, 3.05) is 0 Å². The molecule has 6 heteroatoms. The molecule has 5 nitrogen and oxygen atoms in total. The summed E-state index contributed by atoms with van der Waals surface area (Å²) in [7, 11) is -0.438. The molecule has 1 aromatic heterocycles. The van der Waals surface area contributed by atoms with Crippen molar-refractivity contribution in [2.24, 2.45) is 0 Å². The molecule has 0 radical (unpaired) electrons. The third-order valence-corrected chi connectivity index (χ3v) is 4.21. The first kappa shape index (κ1) is 14.0. The van der Waals surface area contributed by atoms with Crippen molar-refractivity contribution in [2.45, 2.75) is 38.9 Å². The molecule has 21 heavy (non-hydrogen) atoms. The summed E-state index contributed by atoms with van der Waals surface area (Å²) in [5, 5.41) is 8.91. The molecule has 1 aromatic carbocycles. The van der Waals surface area contributed by atoms with Crippen LogP contribution in [0, 0.1) is 11.3 Å². The minimum absolute atomic E-state index is 0.300. The highest BCUT2D eigenvalue weighted by molar-refractivity contribution is 6.62. The average molecular weight is 281 g/mol. The standard InChI is InChI=1S/C15H16BN3O2/c1-14(2)15(3,4)21-16(20-14)10-5-6-12-13(7-10)19-11(8-17)9-18-12/h5-7,9H,1-4H3. The first-order valence-corrected chi connectivity index (χ1v) is 6.85. The van der Waals surface area contributed by atoms with E-state index in [1.807, 2.05) is 52.0 Å². The van der Waals surface area contributed by atoms with Gasteiger partial charge >= 0.3 is 7.12 Å². The van der Waals surface area contributed by atoms with Gasteiger partial charge in [-0.25, -0.2) is 4.98 Å². The van der Waals surface area contributed by atoms with E-state index in [1.54, 1.807) is 0 Å². The lowest BCUT2D eigenvalue weighted by molar-refractivity contribution is 0.00578. The van der Waals surface area contributed by atoms with Crippen molar-refractivity contribution in [3.8, 4) is 6.07 Å². The molecule has 1 saturated heterocycles. The monoisotopic (exact) mass is 281 g/mol. The smallest absolute Gasteiger partial charge is 0.399 e. The van der Waals surface area contributed by atoms with Gasteiger partial charge in [-0.15, -0.1) is 0 Å². The van der Waals surface area contributed by atoms with Crippen LogP contribution in [0.1, 0.15) is 33.4 Å². The largest absolute Gasteiger partial charge is 0.494 e. The SMILES string of the molecule is CC1(C)OB(c2ccc3ncc(C#N)nc3c2)OC1(C)C. The van der Waals surface area contributed by atoms with Crippen LogP contribution in [0.2, 0.25) is 0 Å². The van der Waals surface area contributed by atoms with Gasteiger partial charge in [-0.1, -0.05) is 6.07 Å². The van der Waals surface area contributed by atoms with Crippen LogP contribution in [0.3, 0.4) is 0 Å². The predicted octanol–water partition coefficient (Wildman–Crippen LogP) is 1.80. The zero-order valence-electron chi connectivity index (χ0n) is 12.5. The third kappa shape index (κ3) is 2.29. The molecule has 2 aromatic rings. The summed E-state index contributed by atoms with van der Waals surface area (Å²) in [4.78, 5) is 8.47. The summed E-state index contributed by atoms with van der Waals surface area (Å²) >= 11 is 0. The van der Waals surface area contributed by atoms with Gasteiger partial charge in [0.05, 0.1) is 28.4 Å². The maximum atomic E-state index is 8.91. The fourth-order valence-electron chi connectivity index (χ4n) is 2.21. The lowest BCUT2D eigenvalue weighted by atomic mass is 9.79. The van der Waals surface area contributed by atoms with Crippen molar-refractivity contribution in [3.05, 3.63) is 30.1 Å². The average Bonchev–Trinajstić information content (AvgIpc) is 2.66. The zero-order valence-corrected chi connectivity index (χ0v) is 12.5. The molecule has 0 bridgehead atoms. The Morgan fingerprint density at radius 1 is 1.10 bits per heavy atom. The van der Waals surface area contributed by atoms with Crippen molar-refractivity contribution < 1.29 is 9.31 Å². The lowest BCUT2D eigenvalue weighted by Gasteiger charge is -2.32. The minimum atomic E-state index is -0.438. The summed E-state index contributed by atoms with van der Waals surface area (Å²) in [6.07, 6.45) is 1.47. The van der Waals surface area contributed by atoms with Crippen LogP contribution in [0.4, 0.5) is 0 Å². The van der Waals surface area contributed by atoms with Gasteiger partial charge in [0, 0.05) is 0 Å². The van der Waals surface area contributed by atoms with Crippen LogP contribution in [0.15, 0.2) is 24.4 Å². The Labute approximate surface area is 124 Å². The van der Waals surface area contributed by atoms with E-state index in [-0.39, 0.29) is 11.2 Å². The molecular formula is C15H16BN3O2. The number of rotatable bonds is 1. The van der Waals surface area contributed by atoms with Gasteiger partial charge in [0.1, 0.15) is 6.07 Å². The van der Waals surface area contributed by atoms with E-state index in [0.29, 0.717) is 11.2 Å². The normalized spacial score (nSPS) is 19.7. The Morgan fingerprint density at radius 3 is 2.38 bits per heavy atom. The molecule has 0 N–H and O–H groups in total. The number of fused-ring (bicyclic) bond motifs is 1. The van der Waals surface area contributed by atoms with E-state index >= 15 is 0 Å². The molecule has 2 heterocycles. The molecule has 0 amide bonds. The number of nitriles is 1. The maximum absolute atomic E-state index is 8.91. The van der Waals surface area contributed by atoms with Crippen molar-refractivity contribution in [1.82, 2.24) is 9.97 Å². The second kappa shape index (κ2) is 4.52. The molecule has 106 valence electrons. The summed E-state index contributed by atoms with van der Waals surface area (Å²) in [5.74, 6) is 0. The molecule has 1 aliphatic rings. The topological polar surface area (TPSA) is 68.0 Å². The minimum Gasteiger partial charge on any atom is -0.399 e. The summed E-state index contributed by atoms with van der Waals surface area (Å²) in [6.45, 7) is 8.06. The molecule has 0 unspecified atom stereocenters. The van der Waals surface area contributed by atoms with Crippen LogP contribution in [0.25, 0.3) is 11.0 Å². The second-order valence-electron chi connectivity index (χ2n) is 6.20. The van der Waals surface area contributed by atoms with Crippen LogP contribution in [-0.2, 0) is 9.31 Å². The highest BCUT2D eigenvalue weighted by Gasteiger charge is 2.51. The molecule has 1 fully saturated rings. The van der Waals surface area contributed by atoms with Gasteiger partial charge in [-0.05, 0) is 45.3 Å². The number of hydrogen-bond donors (Lipinski definition) is 0. The highest BCUT2D eigenvalue weighted by Crippen LogP contribution is 2.36. The lowest BCUT2D eigenvalue weighted by Crippen LogP contribution is -2.41. The maximum Gasteiger partial charge on any atom is 0.494 e. The number of aromatic nitrogens is 2. The van der Waals surface area contributed by atoms with E-state index in [2.05, 4.69) is 9.97 Å². The van der Waals surface area contributed by atoms with Crippen LogP contribution in [0.5, 0.6) is 0 Å². The quantitative estimate of drug-likeness (QED) is 0.745. The Hall–Kier alpha value is -1.97. The third-order valence-electron chi connectivity index (χ3n) is 4.21. The number of nitrogens with zero attached hydrogens (tertiary/aromatic N) is 3. The first-order chi connectivity index (χ1) is 9.82. The summed E-state index contributed by atoms with van der Waals surface area (Å²) in [6, 6.07) is 7.65. The van der Waals surface area contributed by atoms with Gasteiger partial charge in [-0.3, -0.25) is 4.98 Å². The Kier molecular flexibility index (Phi) is 3.01. The van der Waals surface area contributed by atoms with E-state index in [1.165, 1.54) is 6.20 Å². The van der Waals surface area contributed by atoms with Crippen LogP contribution >= 0.6 is 0 Å². The molecule has 0 atom stereocenters. The zero-order chi connectivity index (χ0) is 15.3. The Morgan fingerprint density at radius 2 is 1.76 bits per heavy atom. The second-order valence-corrected chi connectivity index (χ2v) is 6.20. The summed E-state index contributed by atoms with van der Waals surface area (Å²) in [5.41, 5.74) is 1.83. The Bertz CT molecular complexity index is 736. The highest BCUT2D eigenvalue weighted by atomic mass is 16.7. The van der Waals surface area contributed by atoms with Crippen LogP contribution < -0.4 is 5.46 Å². The first-order valence-electron chi connectivity index (χ1n) is 6.85. The van der Waals surface area contributed by atoms with Gasteiger partial charge in [0.2, 0.25) is 0 Å². The van der Waals surface area contributed by atoms with Gasteiger partial charge in [-0.2, -0.15) is 5.26 Å². The predicted molar refractivity (Wildman–Crippen MR) is 80.0 cm³/mol. The van der Waals surface area contributed by atoms with E-state index in [9.17, 15) is 0 Å². The number of hydrogen-bond acceptors (Lipinski definition) is 5. The number of benzene rings is 1. The van der Waals surface area contributed by atoms with Gasteiger partial charge < -0.3 is 9.31 Å². The fourth-order valence-corrected chi connectivity index (χ4v) is 2.21.